The topological polar surface area (TPSA) is 60.6 Å². The summed E-state index contributed by atoms with van der Waals surface area (Å²) in [4.78, 5) is 15.6. The number of aromatic amines is 1. The number of ether oxygens (including phenoxy) is 3. The normalized spacial score (nSPS) is 11.0. The van der Waals surface area contributed by atoms with E-state index in [0.717, 1.165) is 31.1 Å². The van der Waals surface area contributed by atoms with Gasteiger partial charge in [-0.25, -0.2) is 0 Å². The molecule has 29 heavy (non-hydrogen) atoms. The maximum absolute atomic E-state index is 12.7. The average molecular weight is 404 g/mol. The van der Waals surface area contributed by atoms with Crippen LogP contribution in [0.3, 0.4) is 0 Å². The van der Waals surface area contributed by atoms with Gasteiger partial charge in [-0.2, -0.15) is 0 Å². The van der Waals surface area contributed by atoms with Gasteiger partial charge in [-0.1, -0.05) is 65.2 Å². The van der Waals surface area contributed by atoms with Crippen LogP contribution in [0.25, 0.3) is 10.9 Å². The van der Waals surface area contributed by atoms with Gasteiger partial charge in [0.25, 0.3) is 5.56 Å². The van der Waals surface area contributed by atoms with Crippen LogP contribution in [-0.4, -0.2) is 25.3 Å². The number of benzene rings is 1. The quantitative estimate of drug-likeness (QED) is 0.358. The molecule has 0 saturated carbocycles. The summed E-state index contributed by atoms with van der Waals surface area (Å²) >= 11 is 0. The summed E-state index contributed by atoms with van der Waals surface area (Å²) < 4.78 is 17.3. The van der Waals surface area contributed by atoms with Crippen LogP contribution in [0.1, 0.15) is 78.1 Å². The lowest BCUT2D eigenvalue weighted by atomic mass is 10.1. The third-order valence-corrected chi connectivity index (χ3v) is 5.12. The van der Waals surface area contributed by atoms with E-state index < -0.39 is 0 Å². The van der Waals surface area contributed by atoms with Crippen molar-refractivity contribution in [1.82, 2.24) is 4.98 Å². The number of aromatic nitrogens is 1. The summed E-state index contributed by atoms with van der Waals surface area (Å²) in [5.74, 6) is 1.54. The van der Waals surface area contributed by atoms with E-state index in [-0.39, 0.29) is 5.56 Å². The fourth-order valence-electron chi connectivity index (χ4n) is 3.39. The minimum atomic E-state index is -0.250. The Morgan fingerprint density at radius 2 is 1.38 bits per heavy atom. The Balaban J connectivity index is 2.12. The van der Waals surface area contributed by atoms with E-state index in [9.17, 15) is 4.79 Å². The molecule has 0 spiro atoms. The van der Waals surface area contributed by atoms with Crippen molar-refractivity contribution in [2.24, 2.45) is 0 Å². The first-order valence-corrected chi connectivity index (χ1v) is 11.2. The molecule has 0 aliphatic rings. The molecule has 0 amide bonds. The largest absolute Gasteiger partial charge is 0.497 e. The van der Waals surface area contributed by atoms with Crippen LogP contribution in [0.2, 0.25) is 0 Å². The smallest absolute Gasteiger partial charge is 0.294 e. The zero-order valence-electron chi connectivity index (χ0n) is 18.4. The summed E-state index contributed by atoms with van der Waals surface area (Å²) in [5.41, 5.74) is 0.449. The van der Waals surface area contributed by atoms with E-state index in [1.54, 1.807) is 7.11 Å². The summed E-state index contributed by atoms with van der Waals surface area (Å²) in [6, 6.07) is 5.61. The minimum Gasteiger partial charge on any atom is -0.497 e. The number of rotatable bonds is 15. The molecule has 0 radical (unpaired) electrons. The number of hydrogen-bond donors (Lipinski definition) is 1. The van der Waals surface area contributed by atoms with Gasteiger partial charge in [0.05, 0.1) is 25.8 Å². The lowest BCUT2D eigenvalue weighted by molar-refractivity contribution is 0.258. The number of pyridine rings is 1. The van der Waals surface area contributed by atoms with E-state index in [2.05, 4.69) is 18.8 Å². The Morgan fingerprint density at radius 3 is 2.03 bits per heavy atom. The number of methoxy groups -OCH3 is 1. The van der Waals surface area contributed by atoms with Crippen molar-refractivity contribution in [2.45, 2.75) is 78.1 Å². The molecule has 5 nitrogen and oxygen atoms in total. The van der Waals surface area contributed by atoms with Crippen LogP contribution >= 0.6 is 0 Å². The molecule has 162 valence electrons. The van der Waals surface area contributed by atoms with Crippen LogP contribution in [0.5, 0.6) is 17.2 Å². The molecule has 0 saturated heterocycles. The summed E-state index contributed by atoms with van der Waals surface area (Å²) in [6.45, 7) is 5.52. The average Bonchev–Trinajstić information content (AvgIpc) is 2.73. The van der Waals surface area contributed by atoms with E-state index in [1.807, 2.05) is 18.2 Å². The lowest BCUT2D eigenvalue weighted by Gasteiger charge is -2.15. The second-order valence-electron chi connectivity index (χ2n) is 7.55. The first kappa shape index (κ1) is 23.1. The van der Waals surface area contributed by atoms with Gasteiger partial charge in [0.15, 0.2) is 5.75 Å². The van der Waals surface area contributed by atoms with Gasteiger partial charge in [-0.05, 0) is 25.0 Å². The van der Waals surface area contributed by atoms with Gasteiger partial charge in [0.2, 0.25) is 5.75 Å². The number of nitrogens with one attached hydrogen (secondary N) is 1. The molecule has 0 aliphatic carbocycles. The molecule has 0 unspecified atom stereocenters. The number of unbranched alkanes of at least 4 members (excludes halogenated alkanes) is 8. The molecule has 2 aromatic rings. The van der Waals surface area contributed by atoms with Crippen LogP contribution in [0.15, 0.2) is 23.0 Å². The first-order chi connectivity index (χ1) is 14.2. The lowest BCUT2D eigenvalue weighted by Crippen LogP contribution is -2.15. The standard InChI is InChI=1S/C24H37NO4/c1-4-6-8-10-11-13-17-29-23-22(28-16-12-9-7-5-2)20-15-14-19(27-3)18-21(20)25-24(23)26/h14-15,18H,4-13,16-17H2,1-3H3,(H,25,26). The SMILES string of the molecule is CCCCCCCCOc1c(OCCCCCC)c2ccc(OC)cc2[nH]c1=O. The molecule has 2 rings (SSSR count). The van der Waals surface area contributed by atoms with Crippen LogP contribution in [0, 0.1) is 0 Å². The molecular formula is C24H37NO4. The molecule has 0 fully saturated rings. The Labute approximate surface area is 174 Å². The highest BCUT2D eigenvalue weighted by Gasteiger charge is 2.16. The van der Waals surface area contributed by atoms with E-state index in [1.165, 1.54) is 38.5 Å². The van der Waals surface area contributed by atoms with E-state index in [0.29, 0.717) is 36.0 Å². The molecule has 1 N–H and O–H groups in total. The van der Waals surface area contributed by atoms with Crippen molar-refractivity contribution in [3.63, 3.8) is 0 Å². The van der Waals surface area contributed by atoms with Crippen LogP contribution < -0.4 is 19.8 Å². The van der Waals surface area contributed by atoms with Gasteiger partial charge < -0.3 is 19.2 Å². The predicted octanol–water partition coefficient (Wildman–Crippen LogP) is 6.24. The van der Waals surface area contributed by atoms with Crippen molar-refractivity contribution < 1.29 is 14.2 Å². The highest BCUT2D eigenvalue weighted by Crippen LogP contribution is 2.33. The number of H-pyrrole nitrogens is 1. The van der Waals surface area contributed by atoms with Crippen LogP contribution in [0.4, 0.5) is 0 Å². The zero-order chi connectivity index (χ0) is 20.9. The van der Waals surface area contributed by atoms with Gasteiger partial charge in [-0.15, -0.1) is 0 Å². The van der Waals surface area contributed by atoms with Crippen molar-refractivity contribution in [2.75, 3.05) is 20.3 Å². The molecule has 0 bridgehead atoms. The highest BCUT2D eigenvalue weighted by atomic mass is 16.5. The second kappa shape index (κ2) is 13.1. The van der Waals surface area contributed by atoms with Gasteiger partial charge in [0, 0.05) is 11.5 Å². The Hall–Kier alpha value is -2.17. The Kier molecular flexibility index (Phi) is 10.5. The first-order valence-electron chi connectivity index (χ1n) is 11.2. The molecule has 1 aromatic heterocycles. The number of hydrogen-bond acceptors (Lipinski definition) is 4. The van der Waals surface area contributed by atoms with Crippen molar-refractivity contribution in [3.05, 3.63) is 28.6 Å². The third-order valence-electron chi connectivity index (χ3n) is 5.12. The zero-order valence-corrected chi connectivity index (χ0v) is 18.4. The second-order valence-corrected chi connectivity index (χ2v) is 7.55. The van der Waals surface area contributed by atoms with Gasteiger partial charge in [-0.3, -0.25) is 4.79 Å². The molecule has 1 aromatic carbocycles. The molecular weight excluding hydrogens is 366 g/mol. The maximum atomic E-state index is 12.7. The fourth-order valence-corrected chi connectivity index (χ4v) is 3.39. The van der Waals surface area contributed by atoms with E-state index in [4.69, 9.17) is 14.2 Å². The Bertz CT molecular complexity index is 784. The molecule has 0 aliphatic heterocycles. The van der Waals surface area contributed by atoms with E-state index >= 15 is 0 Å². The fraction of sp³-hybridized carbons (Fsp3) is 0.625. The third kappa shape index (κ3) is 7.30. The van der Waals surface area contributed by atoms with Crippen molar-refractivity contribution in [1.29, 1.82) is 0 Å². The van der Waals surface area contributed by atoms with Crippen molar-refractivity contribution in [3.8, 4) is 17.2 Å². The Morgan fingerprint density at radius 1 is 0.793 bits per heavy atom. The summed E-state index contributed by atoms with van der Waals surface area (Å²) in [7, 11) is 1.61. The number of fused-ring (bicyclic) bond motifs is 1. The summed E-state index contributed by atoms with van der Waals surface area (Å²) in [6.07, 6.45) is 11.5. The molecule has 5 heteroatoms. The van der Waals surface area contributed by atoms with Gasteiger partial charge >= 0.3 is 0 Å². The van der Waals surface area contributed by atoms with Crippen LogP contribution in [-0.2, 0) is 0 Å². The highest BCUT2D eigenvalue weighted by molar-refractivity contribution is 5.88. The van der Waals surface area contributed by atoms with Crippen molar-refractivity contribution >= 4 is 10.9 Å². The minimum absolute atomic E-state index is 0.250. The molecule has 0 atom stereocenters. The predicted molar refractivity (Wildman–Crippen MR) is 120 cm³/mol. The summed E-state index contributed by atoms with van der Waals surface area (Å²) in [5, 5.41) is 0.846. The maximum Gasteiger partial charge on any atom is 0.294 e. The molecule has 1 heterocycles. The van der Waals surface area contributed by atoms with Gasteiger partial charge in [0.1, 0.15) is 5.75 Å². The monoisotopic (exact) mass is 403 g/mol.